The van der Waals surface area contributed by atoms with Gasteiger partial charge in [-0.2, -0.15) is 0 Å². The average Bonchev–Trinajstić information content (AvgIpc) is 2.60. The van der Waals surface area contributed by atoms with Gasteiger partial charge in [0.2, 0.25) is 0 Å². The zero-order valence-electron chi connectivity index (χ0n) is 14.7. The maximum atomic E-state index is 14.0. The molecule has 0 aromatic heterocycles. The molecule has 3 N–H and O–H groups in total. The Labute approximate surface area is 148 Å². The summed E-state index contributed by atoms with van der Waals surface area (Å²) in [6, 6.07) is 13.3. The van der Waals surface area contributed by atoms with Crippen molar-refractivity contribution in [1.82, 2.24) is 5.43 Å². The van der Waals surface area contributed by atoms with Gasteiger partial charge in [-0.25, -0.2) is 14.4 Å². The van der Waals surface area contributed by atoms with Crippen LogP contribution >= 0.6 is 0 Å². The molecule has 25 heavy (non-hydrogen) atoms. The van der Waals surface area contributed by atoms with E-state index in [0.29, 0.717) is 5.56 Å². The summed E-state index contributed by atoms with van der Waals surface area (Å²) >= 11 is 0. The molecule has 0 heterocycles. The quantitative estimate of drug-likeness (QED) is 0.370. The molecule has 0 aliphatic carbocycles. The maximum absolute atomic E-state index is 14.0. The number of carbonyl (C=O) groups excluding carboxylic acids is 1. The van der Waals surface area contributed by atoms with E-state index in [4.69, 9.17) is 5.84 Å². The molecule has 0 aliphatic rings. The molecule has 1 unspecified atom stereocenters. The normalized spacial score (nSPS) is 12.4. The van der Waals surface area contributed by atoms with Crippen LogP contribution in [0.5, 0.6) is 0 Å². The van der Waals surface area contributed by atoms with Crippen LogP contribution in [0.2, 0.25) is 0 Å². The molecule has 0 radical (unpaired) electrons. The lowest BCUT2D eigenvalue weighted by Gasteiger charge is -2.26. The Bertz CT molecular complexity index is 808. The largest absolute Gasteiger partial charge is 0.295 e. The number of nitrogen functional groups attached to an aromatic ring is 1. The first-order valence-electron chi connectivity index (χ1n) is 7.77. The predicted octanol–water partition coefficient (Wildman–Crippen LogP) is 2.72. The number of para-hydroxylation sites is 1. The van der Waals surface area contributed by atoms with Crippen molar-refractivity contribution in [2.45, 2.75) is 20.4 Å². The molecule has 2 aromatic rings. The number of halogens is 1. The number of amides is 1. The van der Waals surface area contributed by atoms with E-state index in [-0.39, 0.29) is 12.1 Å². The minimum atomic E-state index is -2.55. The lowest BCUT2D eigenvalue weighted by atomic mass is 10.1. The summed E-state index contributed by atoms with van der Waals surface area (Å²) in [5.41, 5.74) is 3.03. The van der Waals surface area contributed by atoms with Crippen molar-refractivity contribution < 1.29 is 13.4 Å². The molecule has 5 nitrogen and oxygen atoms in total. The average molecular weight is 365 g/mol. The van der Waals surface area contributed by atoms with E-state index in [0.717, 1.165) is 5.69 Å². The number of hydrogen-bond donors (Lipinski definition) is 2. The van der Waals surface area contributed by atoms with Crippen LogP contribution in [-0.4, -0.2) is 22.2 Å². The lowest BCUT2D eigenvalue weighted by Crippen LogP contribution is -2.31. The number of nitrogens with one attached hydrogen (secondary N) is 1. The standard InChI is InChI=1S/C16H18FN3O2S.C2H6/c1-23(2,22)20(13-6-4-3-5-7-13)11-12-8-9-14(15(17)10-12)16(21)19-18;1-2/h3-10H,1,11,18H2,2H3,(H,19,21);1-2H3. The summed E-state index contributed by atoms with van der Waals surface area (Å²) < 4.78 is 28.1. The van der Waals surface area contributed by atoms with Crippen molar-refractivity contribution >= 4 is 27.2 Å². The number of hydrogen-bond acceptors (Lipinski definition) is 3. The second-order valence-corrected chi connectivity index (χ2v) is 7.48. The number of nitrogens with zero attached hydrogens (tertiary/aromatic N) is 1. The first-order valence-corrected chi connectivity index (χ1v) is 9.86. The Kier molecular flexibility index (Phi) is 7.60. The van der Waals surface area contributed by atoms with E-state index in [1.807, 2.05) is 37.5 Å². The smallest absolute Gasteiger partial charge is 0.268 e. The Balaban J connectivity index is 0.00000151. The predicted molar refractivity (Wildman–Crippen MR) is 103 cm³/mol. The second kappa shape index (κ2) is 9.19. The zero-order valence-corrected chi connectivity index (χ0v) is 15.5. The molecule has 2 rings (SSSR count). The van der Waals surface area contributed by atoms with Crippen LogP contribution in [0.4, 0.5) is 10.1 Å². The van der Waals surface area contributed by atoms with Gasteiger partial charge in [-0.15, -0.1) is 0 Å². The van der Waals surface area contributed by atoms with E-state index < -0.39 is 21.4 Å². The molecule has 0 fully saturated rings. The van der Waals surface area contributed by atoms with Gasteiger partial charge in [0.15, 0.2) is 0 Å². The van der Waals surface area contributed by atoms with Gasteiger partial charge in [0.05, 0.1) is 12.1 Å². The van der Waals surface area contributed by atoms with Crippen LogP contribution in [0, 0.1) is 5.82 Å². The van der Waals surface area contributed by atoms with Gasteiger partial charge in [-0.05, 0) is 35.7 Å². The fourth-order valence-electron chi connectivity index (χ4n) is 2.13. The summed E-state index contributed by atoms with van der Waals surface area (Å²) in [6.07, 6.45) is 1.52. The van der Waals surface area contributed by atoms with Crippen molar-refractivity contribution in [2.24, 2.45) is 5.84 Å². The third-order valence-electron chi connectivity index (χ3n) is 3.25. The van der Waals surface area contributed by atoms with Gasteiger partial charge in [0, 0.05) is 21.7 Å². The van der Waals surface area contributed by atoms with E-state index >= 15 is 0 Å². The minimum absolute atomic E-state index is 0.144. The second-order valence-electron chi connectivity index (χ2n) is 5.12. The van der Waals surface area contributed by atoms with Crippen LogP contribution < -0.4 is 15.6 Å². The van der Waals surface area contributed by atoms with Crippen LogP contribution in [-0.2, 0) is 16.3 Å². The van der Waals surface area contributed by atoms with Gasteiger partial charge in [-0.3, -0.25) is 14.5 Å². The highest BCUT2D eigenvalue weighted by Crippen LogP contribution is 2.21. The lowest BCUT2D eigenvalue weighted by molar-refractivity contribution is 0.0949. The summed E-state index contributed by atoms with van der Waals surface area (Å²) in [4.78, 5) is 11.4. The number of anilines is 1. The third-order valence-corrected chi connectivity index (χ3v) is 4.52. The van der Waals surface area contributed by atoms with Crippen molar-refractivity contribution in [3.63, 3.8) is 0 Å². The van der Waals surface area contributed by atoms with E-state index in [1.54, 1.807) is 22.5 Å². The SMILES string of the molecule is C=S(C)(=O)N(Cc1ccc(C(=O)NN)c(F)c1)c1ccccc1.CC. The number of hydrazine groups is 1. The molecule has 0 aliphatic heterocycles. The van der Waals surface area contributed by atoms with Crippen molar-refractivity contribution in [3.8, 4) is 0 Å². The number of rotatable bonds is 5. The zero-order chi connectivity index (χ0) is 19.0. The summed E-state index contributed by atoms with van der Waals surface area (Å²) in [5.74, 6) is 7.32. The van der Waals surface area contributed by atoms with E-state index in [2.05, 4.69) is 5.87 Å². The molecule has 0 saturated carbocycles. The number of nitrogens with two attached hydrogens (primary N) is 1. The van der Waals surface area contributed by atoms with E-state index in [9.17, 15) is 13.4 Å². The molecule has 0 spiro atoms. The molecule has 0 saturated heterocycles. The molecular formula is C18H24FN3O2S. The van der Waals surface area contributed by atoms with Crippen LogP contribution in [0.15, 0.2) is 48.5 Å². The van der Waals surface area contributed by atoms with Crippen LogP contribution in [0.25, 0.3) is 0 Å². The first-order chi connectivity index (χ1) is 11.8. The molecule has 1 atom stereocenters. The van der Waals surface area contributed by atoms with Crippen LogP contribution in [0.3, 0.4) is 0 Å². The highest BCUT2D eigenvalue weighted by Gasteiger charge is 2.16. The highest BCUT2D eigenvalue weighted by molar-refractivity contribution is 8.00. The maximum Gasteiger partial charge on any atom is 0.268 e. The Morgan fingerprint density at radius 1 is 1.24 bits per heavy atom. The van der Waals surface area contributed by atoms with Crippen molar-refractivity contribution in [1.29, 1.82) is 0 Å². The summed E-state index contributed by atoms with van der Waals surface area (Å²) in [5, 5.41) is 0. The molecule has 0 bridgehead atoms. The Hall–Kier alpha value is -2.38. The molecule has 1 amide bonds. The summed E-state index contributed by atoms with van der Waals surface area (Å²) in [6.45, 7) is 4.20. The molecular weight excluding hydrogens is 341 g/mol. The van der Waals surface area contributed by atoms with Gasteiger partial charge < -0.3 is 0 Å². The van der Waals surface area contributed by atoms with Gasteiger partial charge in [-0.1, -0.05) is 38.1 Å². The third kappa shape index (κ3) is 5.58. The monoisotopic (exact) mass is 365 g/mol. The fourth-order valence-corrected chi connectivity index (χ4v) is 3.12. The van der Waals surface area contributed by atoms with Crippen molar-refractivity contribution in [2.75, 3.05) is 10.6 Å². The topological polar surface area (TPSA) is 75.4 Å². The van der Waals surface area contributed by atoms with Gasteiger partial charge >= 0.3 is 0 Å². The van der Waals surface area contributed by atoms with E-state index in [1.165, 1.54) is 18.4 Å². The summed E-state index contributed by atoms with van der Waals surface area (Å²) in [7, 11) is -2.55. The number of benzene rings is 2. The Morgan fingerprint density at radius 2 is 1.84 bits per heavy atom. The van der Waals surface area contributed by atoms with Crippen LogP contribution in [0.1, 0.15) is 29.8 Å². The Morgan fingerprint density at radius 3 is 2.32 bits per heavy atom. The molecule has 7 heteroatoms. The highest BCUT2D eigenvalue weighted by atomic mass is 32.2. The van der Waals surface area contributed by atoms with Gasteiger partial charge in [0.25, 0.3) is 5.91 Å². The fraction of sp³-hybridized carbons (Fsp3) is 0.222. The molecule has 2 aromatic carbocycles. The minimum Gasteiger partial charge on any atom is -0.295 e. The molecule has 136 valence electrons. The van der Waals surface area contributed by atoms with Crippen molar-refractivity contribution in [3.05, 3.63) is 65.5 Å². The first kappa shape index (κ1) is 20.7. The number of carbonyl (C=O) groups is 1. The van der Waals surface area contributed by atoms with Gasteiger partial charge in [0.1, 0.15) is 5.82 Å².